The maximum atomic E-state index is 12.5. The van der Waals surface area contributed by atoms with Crippen molar-refractivity contribution in [1.82, 2.24) is 15.2 Å². The summed E-state index contributed by atoms with van der Waals surface area (Å²) in [6.45, 7) is 4.94. The van der Waals surface area contributed by atoms with Gasteiger partial charge in [-0.05, 0) is 37.1 Å². The lowest BCUT2D eigenvalue weighted by atomic mass is 10.0. The number of pyridine rings is 1. The lowest BCUT2D eigenvalue weighted by Crippen LogP contribution is -2.46. The van der Waals surface area contributed by atoms with Gasteiger partial charge < -0.3 is 15.3 Å². The monoisotopic (exact) mass is 396 g/mol. The number of benzene rings is 1. The number of aliphatic carboxylic acids is 1. The van der Waals surface area contributed by atoms with Gasteiger partial charge in [-0.1, -0.05) is 37.3 Å². The fourth-order valence-electron chi connectivity index (χ4n) is 3.77. The molecule has 154 valence electrons. The SMILES string of the molecule is CCN(CC(=O)O)C1CCN(c2ccnc(C(=O)NCc3ccccc3)c2)CC1. The molecule has 0 unspecified atom stereocenters. The van der Waals surface area contributed by atoms with Gasteiger partial charge in [0.25, 0.3) is 5.91 Å². The largest absolute Gasteiger partial charge is 0.480 e. The van der Waals surface area contributed by atoms with E-state index in [-0.39, 0.29) is 18.5 Å². The molecule has 1 aromatic carbocycles. The number of hydrogen-bond acceptors (Lipinski definition) is 5. The van der Waals surface area contributed by atoms with E-state index >= 15 is 0 Å². The molecular weight excluding hydrogens is 368 g/mol. The van der Waals surface area contributed by atoms with Crippen molar-refractivity contribution in [3.8, 4) is 0 Å². The van der Waals surface area contributed by atoms with Gasteiger partial charge in [-0.3, -0.25) is 19.5 Å². The molecule has 3 rings (SSSR count). The number of amides is 1. The second-order valence-corrected chi connectivity index (χ2v) is 7.24. The normalized spacial score (nSPS) is 14.8. The van der Waals surface area contributed by atoms with Crippen molar-refractivity contribution < 1.29 is 14.7 Å². The molecule has 0 aliphatic carbocycles. The van der Waals surface area contributed by atoms with Gasteiger partial charge in [0.1, 0.15) is 5.69 Å². The van der Waals surface area contributed by atoms with E-state index in [4.69, 9.17) is 5.11 Å². The number of nitrogens with zero attached hydrogens (tertiary/aromatic N) is 3. The zero-order chi connectivity index (χ0) is 20.6. The summed E-state index contributed by atoms with van der Waals surface area (Å²) in [4.78, 5) is 32.0. The Labute approximate surface area is 171 Å². The van der Waals surface area contributed by atoms with Crippen LogP contribution in [0.15, 0.2) is 48.7 Å². The fourth-order valence-corrected chi connectivity index (χ4v) is 3.77. The van der Waals surface area contributed by atoms with Crippen molar-refractivity contribution >= 4 is 17.6 Å². The second-order valence-electron chi connectivity index (χ2n) is 7.24. The van der Waals surface area contributed by atoms with Gasteiger partial charge in [-0.2, -0.15) is 0 Å². The quantitative estimate of drug-likeness (QED) is 0.713. The van der Waals surface area contributed by atoms with Crippen LogP contribution in [0.25, 0.3) is 0 Å². The van der Waals surface area contributed by atoms with Crippen LogP contribution >= 0.6 is 0 Å². The Kier molecular flexibility index (Phi) is 7.19. The molecule has 1 aliphatic heterocycles. The summed E-state index contributed by atoms with van der Waals surface area (Å²) in [6.07, 6.45) is 3.47. The molecule has 1 fully saturated rings. The lowest BCUT2D eigenvalue weighted by Gasteiger charge is -2.38. The van der Waals surface area contributed by atoms with Crippen LogP contribution in [0.5, 0.6) is 0 Å². The molecule has 1 saturated heterocycles. The molecule has 0 bridgehead atoms. The molecule has 0 spiro atoms. The number of likely N-dealkylation sites (N-methyl/N-ethyl adjacent to an activating group) is 1. The van der Waals surface area contributed by atoms with Gasteiger partial charge in [-0.25, -0.2) is 0 Å². The molecule has 2 aromatic rings. The summed E-state index contributed by atoms with van der Waals surface area (Å²) < 4.78 is 0. The molecule has 7 heteroatoms. The van der Waals surface area contributed by atoms with E-state index in [1.165, 1.54) is 0 Å². The Morgan fingerprint density at radius 3 is 2.59 bits per heavy atom. The third-order valence-corrected chi connectivity index (χ3v) is 5.36. The standard InChI is InChI=1S/C22H28N4O3/c1-2-25(16-21(27)28)18-9-12-26(13-10-18)19-8-11-23-20(14-19)22(29)24-15-17-6-4-3-5-7-17/h3-8,11,14,18H,2,9-10,12-13,15-16H2,1H3,(H,24,29)(H,27,28). The highest BCUT2D eigenvalue weighted by Crippen LogP contribution is 2.23. The average Bonchev–Trinajstić information content (AvgIpc) is 2.76. The van der Waals surface area contributed by atoms with Crippen molar-refractivity contribution in [2.75, 3.05) is 31.1 Å². The van der Waals surface area contributed by atoms with E-state index in [2.05, 4.69) is 15.2 Å². The zero-order valence-electron chi connectivity index (χ0n) is 16.8. The maximum Gasteiger partial charge on any atom is 0.317 e. The van der Waals surface area contributed by atoms with E-state index in [0.29, 0.717) is 12.2 Å². The molecule has 1 aromatic heterocycles. The minimum absolute atomic E-state index is 0.0855. The van der Waals surface area contributed by atoms with Gasteiger partial charge in [0.2, 0.25) is 0 Å². The van der Waals surface area contributed by atoms with Gasteiger partial charge in [0.15, 0.2) is 0 Å². The van der Waals surface area contributed by atoms with Crippen molar-refractivity contribution in [2.45, 2.75) is 32.4 Å². The maximum absolute atomic E-state index is 12.5. The van der Waals surface area contributed by atoms with Crippen LogP contribution in [-0.4, -0.2) is 59.1 Å². The van der Waals surface area contributed by atoms with Crippen molar-refractivity contribution in [3.63, 3.8) is 0 Å². The summed E-state index contributed by atoms with van der Waals surface area (Å²) in [5.74, 6) is -0.973. The van der Waals surface area contributed by atoms with Crippen LogP contribution < -0.4 is 10.2 Å². The number of carbonyl (C=O) groups excluding carboxylic acids is 1. The first-order chi connectivity index (χ1) is 14.1. The Balaban J connectivity index is 1.57. The molecule has 1 amide bonds. The van der Waals surface area contributed by atoms with Crippen LogP contribution in [0.1, 0.15) is 35.8 Å². The van der Waals surface area contributed by atoms with Crippen LogP contribution in [-0.2, 0) is 11.3 Å². The first kappa shape index (κ1) is 20.8. The molecule has 7 nitrogen and oxygen atoms in total. The molecule has 0 saturated carbocycles. The number of anilines is 1. The molecule has 2 heterocycles. The molecule has 1 aliphatic rings. The molecule has 2 N–H and O–H groups in total. The van der Waals surface area contributed by atoms with Crippen LogP contribution in [0, 0.1) is 0 Å². The lowest BCUT2D eigenvalue weighted by molar-refractivity contribution is -0.139. The van der Waals surface area contributed by atoms with Crippen LogP contribution in [0.3, 0.4) is 0 Å². The Morgan fingerprint density at radius 2 is 1.93 bits per heavy atom. The number of carboxylic acids is 1. The summed E-state index contributed by atoms with van der Waals surface area (Å²) in [5.41, 5.74) is 2.42. The first-order valence-electron chi connectivity index (χ1n) is 10.1. The topological polar surface area (TPSA) is 85.8 Å². The smallest absolute Gasteiger partial charge is 0.317 e. The molecule has 0 radical (unpaired) electrons. The predicted octanol–water partition coefficient (Wildman–Crippen LogP) is 2.39. The Bertz CT molecular complexity index is 820. The second kappa shape index (κ2) is 10.0. The predicted molar refractivity (Wildman–Crippen MR) is 112 cm³/mol. The minimum atomic E-state index is -0.783. The number of hydrogen-bond donors (Lipinski definition) is 2. The van der Waals surface area contributed by atoms with Gasteiger partial charge in [0, 0.05) is 37.6 Å². The Morgan fingerprint density at radius 1 is 1.21 bits per heavy atom. The number of aromatic nitrogens is 1. The van der Waals surface area contributed by atoms with E-state index in [1.807, 2.05) is 54.3 Å². The highest BCUT2D eigenvalue weighted by Gasteiger charge is 2.25. The molecular formula is C22H28N4O3. The number of nitrogens with one attached hydrogen (secondary N) is 1. The van der Waals surface area contributed by atoms with E-state index in [1.54, 1.807) is 6.20 Å². The van der Waals surface area contributed by atoms with Gasteiger partial charge in [0.05, 0.1) is 6.54 Å². The summed E-state index contributed by atoms with van der Waals surface area (Å²) in [6, 6.07) is 13.8. The number of carbonyl (C=O) groups is 2. The fraction of sp³-hybridized carbons (Fsp3) is 0.409. The average molecular weight is 396 g/mol. The van der Waals surface area contributed by atoms with E-state index < -0.39 is 5.97 Å². The van der Waals surface area contributed by atoms with Crippen LogP contribution in [0.2, 0.25) is 0 Å². The molecule has 0 atom stereocenters. The third kappa shape index (κ3) is 5.77. The van der Waals surface area contributed by atoms with E-state index in [9.17, 15) is 9.59 Å². The first-order valence-corrected chi connectivity index (χ1v) is 10.1. The third-order valence-electron chi connectivity index (χ3n) is 5.36. The minimum Gasteiger partial charge on any atom is -0.480 e. The summed E-state index contributed by atoms with van der Waals surface area (Å²) in [7, 11) is 0. The van der Waals surface area contributed by atoms with Gasteiger partial charge in [-0.15, -0.1) is 0 Å². The van der Waals surface area contributed by atoms with Crippen molar-refractivity contribution in [3.05, 3.63) is 59.9 Å². The molecule has 29 heavy (non-hydrogen) atoms. The number of piperidine rings is 1. The van der Waals surface area contributed by atoms with Crippen molar-refractivity contribution in [2.24, 2.45) is 0 Å². The highest BCUT2D eigenvalue weighted by molar-refractivity contribution is 5.93. The van der Waals surface area contributed by atoms with E-state index in [0.717, 1.165) is 43.7 Å². The van der Waals surface area contributed by atoms with Crippen LogP contribution in [0.4, 0.5) is 5.69 Å². The number of rotatable bonds is 8. The highest BCUT2D eigenvalue weighted by atomic mass is 16.4. The van der Waals surface area contributed by atoms with Crippen molar-refractivity contribution in [1.29, 1.82) is 0 Å². The zero-order valence-corrected chi connectivity index (χ0v) is 16.8. The summed E-state index contributed by atoms with van der Waals surface area (Å²) in [5, 5.41) is 12.0. The Hall–Kier alpha value is -2.93. The number of carboxylic acid groups (broad SMARTS) is 1. The summed E-state index contributed by atoms with van der Waals surface area (Å²) >= 11 is 0. The van der Waals surface area contributed by atoms with Gasteiger partial charge >= 0.3 is 5.97 Å².